The van der Waals surface area contributed by atoms with E-state index >= 15 is 0 Å². The first-order chi connectivity index (χ1) is 9.25. The van der Waals surface area contributed by atoms with Crippen LogP contribution in [-0.2, 0) is 23.7 Å². The van der Waals surface area contributed by atoms with Crippen molar-refractivity contribution in [3.05, 3.63) is 48.0 Å². The Morgan fingerprint density at radius 2 is 1.75 bits per heavy atom. The highest BCUT2D eigenvalue weighted by atomic mass is 32.2. The van der Waals surface area contributed by atoms with E-state index in [1.54, 1.807) is 12.1 Å². The summed E-state index contributed by atoms with van der Waals surface area (Å²) in [6.45, 7) is 7.14. The van der Waals surface area contributed by atoms with Crippen molar-refractivity contribution in [2.45, 2.75) is 32.2 Å². The molecule has 0 bridgehead atoms. The van der Waals surface area contributed by atoms with E-state index in [2.05, 4.69) is 42.4 Å². The molecule has 0 aliphatic carbocycles. The van der Waals surface area contributed by atoms with Gasteiger partial charge in [-0.15, -0.1) is 0 Å². The largest absolute Gasteiger partial charge is 0.744 e. The Hall–Kier alpha value is -1.66. The molecule has 0 saturated heterocycles. The zero-order valence-corrected chi connectivity index (χ0v) is 13.0. The molecule has 0 atom stereocenters. The van der Waals surface area contributed by atoms with Gasteiger partial charge in [-0.05, 0) is 26.0 Å². The van der Waals surface area contributed by atoms with Crippen molar-refractivity contribution in [3.63, 3.8) is 0 Å². The van der Waals surface area contributed by atoms with Crippen LogP contribution < -0.4 is 4.57 Å². The van der Waals surface area contributed by atoms with Gasteiger partial charge < -0.3 is 4.55 Å². The number of imidazole rings is 1. The van der Waals surface area contributed by atoms with Gasteiger partial charge >= 0.3 is 0 Å². The minimum absolute atomic E-state index is 0.178. The maximum atomic E-state index is 10.4. The molecule has 0 amide bonds. The van der Waals surface area contributed by atoms with Crippen molar-refractivity contribution >= 4 is 10.1 Å². The van der Waals surface area contributed by atoms with E-state index in [0.717, 1.165) is 12.1 Å². The van der Waals surface area contributed by atoms with Crippen molar-refractivity contribution in [3.8, 4) is 0 Å². The van der Waals surface area contributed by atoms with Crippen molar-refractivity contribution in [1.82, 2.24) is 4.57 Å². The van der Waals surface area contributed by atoms with Crippen LogP contribution in [0.4, 0.5) is 0 Å². The highest BCUT2D eigenvalue weighted by Crippen LogP contribution is 2.08. The average Bonchev–Trinajstić information content (AvgIpc) is 2.70. The summed E-state index contributed by atoms with van der Waals surface area (Å²) >= 11 is 0. The highest BCUT2D eigenvalue weighted by Gasteiger charge is 2.04. The molecule has 20 heavy (non-hydrogen) atoms. The van der Waals surface area contributed by atoms with Gasteiger partial charge in [-0.2, -0.15) is 0 Å². The summed E-state index contributed by atoms with van der Waals surface area (Å²) < 4.78 is 35.5. The summed E-state index contributed by atoms with van der Waals surface area (Å²) in [6.07, 6.45) is 4.16. The number of hydrogen-bond acceptors (Lipinski definition) is 3. The second-order valence-corrected chi connectivity index (χ2v) is 5.89. The summed E-state index contributed by atoms with van der Waals surface area (Å²) in [7, 11) is -2.21. The number of hydrogen-bond donors (Lipinski definition) is 0. The molecule has 0 saturated carbocycles. The van der Waals surface area contributed by atoms with Crippen molar-refractivity contribution in [2.75, 3.05) is 0 Å². The molecular formula is C14H20N2O3S. The fraction of sp³-hybridized carbons (Fsp3) is 0.357. The topological polar surface area (TPSA) is 66.0 Å². The second kappa shape index (κ2) is 6.67. The Kier molecular flexibility index (Phi) is 5.47. The van der Waals surface area contributed by atoms with E-state index in [1.165, 1.54) is 18.0 Å². The first-order valence-corrected chi connectivity index (χ1v) is 7.70. The van der Waals surface area contributed by atoms with Crippen LogP contribution >= 0.6 is 0 Å². The van der Waals surface area contributed by atoms with Gasteiger partial charge in [0.05, 0.1) is 18.5 Å². The number of nitrogens with zero attached hydrogens (tertiary/aromatic N) is 2. The van der Waals surface area contributed by atoms with Crippen molar-refractivity contribution in [1.29, 1.82) is 0 Å². The molecule has 0 fully saturated rings. The smallest absolute Gasteiger partial charge is 0.252 e. The Morgan fingerprint density at radius 1 is 1.20 bits per heavy atom. The van der Waals surface area contributed by atoms with Gasteiger partial charge in [0.1, 0.15) is 22.5 Å². The zero-order chi connectivity index (χ0) is 15.3. The molecule has 0 unspecified atom stereocenters. The molecule has 5 nitrogen and oxygen atoms in total. The highest BCUT2D eigenvalue weighted by molar-refractivity contribution is 7.85. The third-order valence-corrected chi connectivity index (χ3v) is 3.90. The number of rotatable bonds is 2. The molecule has 1 aromatic heterocycles. The summed E-state index contributed by atoms with van der Waals surface area (Å²) in [6, 6.07) is 5.78. The minimum Gasteiger partial charge on any atom is -0.744 e. The van der Waals surface area contributed by atoms with Gasteiger partial charge in [0.15, 0.2) is 0 Å². The van der Waals surface area contributed by atoms with Crippen LogP contribution in [0.1, 0.15) is 18.3 Å². The standard InChI is InChI=1S/C7H13N2.C7H8O3S/c1-4-9-6-5-8(3)7(9)2;1-6-2-4-7(5-3-6)11(8,9)10/h5-6H,4H2,1-3H3;2-5H,1H3,(H,8,9,10)/q+1;/p-1. The first kappa shape index (κ1) is 16.4. The van der Waals surface area contributed by atoms with Gasteiger partial charge in [-0.25, -0.2) is 17.6 Å². The molecule has 2 aromatic rings. The Labute approximate surface area is 120 Å². The van der Waals surface area contributed by atoms with Gasteiger partial charge in [0.2, 0.25) is 0 Å². The molecule has 0 radical (unpaired) electrons. The molecule has 0 spiro atoms. The van der Waals surface area contributed by atoms with Crippen LogP contribution in [-0.4, -0.2) is 17.5 Å². The minimum atomic E-state index is -4.27. The maximum absolute atomic E-state index is 10.4. The average molecular weight is 296 g/mol. The van der Waals surface area contributed by atoms with Crippen LogP contribution in [0.15, 0.2) is 41.6 Å². The molecule has 0 aliphatic rings. The van der Waals surface area contributed by atoms with Crippen LogP contribution in [0, 0.1) is 13.8 Å². The van der Waals surface area contributed by atoms with E-state index in [4.69, 9.17) is 0 Å². The van der Waals surface area contributed by atoms with E-state index in [-0.39, 0.29) is 4.90 Å². The first-order valence-electron chi connectivity index (χ1n) is 6.29. The quantitative estimate of drug-likeness (QED) is 0.623. The lowest BCUT2D eigenvalue weighted by Gasteiger charge is -2.05. The molecule has 1 aromatic carbocycles. The van der Waals surface area contributed by atoms with Crippen LogP contribution in [0.3, 0.4) is 0 Å². The van der Waals surface area contributed by atoms with Gasteiger partial charge in [-0.1, -0.05) is 17.7 Å². The molecule has 0 aliphatic heterocycles. The van der Waals surface area contributed by atoms with Crippen LogP contribution in [0.2, 0.25) is 0 Å². The Balaban J connectivity index is 0.000000204. The van der Waals surface area contributed by atoms with E-state index < -0.39 is 10.1 Å². The van der Waals surface area contributed by atoms with E-state index in [0.29, 0.717) is 0 Å². The number of benzene rings is 1. The lowest BCUT2D eigenvalue weighted by Crippen LogP contribution is -2.29. The summed E-state index contributed by atoms with van der Waals surface area (Å²) in [5.41, 5.74) is 0.928. The molecule has 6 heteroatoms. The SMILES string of the molecule is CCn1cc[n+](C)c1C.Cc1ccc(S(=O)(=O)[O-])cc1. The van der Waals surface area contributed by atoms with Crippen LogP contribution in [0.5, 0.6) is 0 Å². The lowest BCUT2D eigenvalue weighted by atomic mass is 10.2. The van der Waals surface area contributed by atoms with Crippen molar-refractivity contribution < 1.29 is 17.5 Å². The lowest BCUT2D eigenvalue weighted by molar-refractivity contribution is -0.677. The second-order valence-electron chi connectivity index (χ2n) is 4.51. The molecule has 1 heterocycles. The predicted molar refractivity (Wildman–Crippen MR) is 75.2 cm³/mol. The summed E-state index contributed by atoms with van der Waals surface area (Å²) in [5, 5.41) is 0. The molecular weight excluding hydrogens is 276 g/mol. The van der Waals surface area contributed by atoms with E-state index in [1.807, 2.05) is 6.92 Å². The van der Waals surface area contributed by atoms with Gasteiger partial charge in [0, 0.05) is 6.92 Å². The fourth-order valence-corrected chi connectivity index (χ4v) is 2.11. The van der Waals surface area contributed by atoms with E-state index in [9.17, 15) is 13.0 Å². The number of aromatic nitrogens is 2. The number of aryl methyl sites for hydroxylation is 3. The molecule has 0 N–H and O–H groups in total. The third-order valence-electron chi connectivity index (χ3n) is 3.05. The normalized spacial score (nSPS) is 10.8. The maximum Gasteiger partial charge on any atom is 0.252 e. The Bertz CT molecular complexity index is 658. The monoisotopic (exact) mass is 296 g/mol. The van der Waals surface area contributed by atoms with Crippen molar-refractivity contribution in [2.24, 2.45) is 7.05 Å². The Morgan fingerprint density at radius 3 is 2.05 bits per heavy atom. The predicted octanol–water partition coefficient (Wildman–Crippen LogP) is 1.54. The van der Waals surface area contributed by atoms with Crippen LogP contribution in [0.25, 0.3) is 0 Å². The fourth-order valence-electron chi connectivity index (χ4n) is 1.64. The molecule has 110 valence electrons. The summed E-state index contributed by atoms with van der Waals surface area (Å²) in [4.78, 5) is -0.178. The van der Waals surface area contributed by atoms with Gasteiger partial charge in [0.25, 0.3) is 5.82 Å². The third kappa shape index (κ3) is 4.47. The summed E-state index contributed by atoms with van der Waals surface area (Å²) in [5.74, 6) is 1.30. The zero-order valence-electron chi connectivity index (χ0n) is 12.2. The molecule has 2 rings (SSSR count). The van der Waals surface area contributed by atoms with Gasteiger partial charge in [-0.3, -0.25) is 0 Å².